The van der Waals surface area contributed by atoms with E-state index in [4.69, 9.17) is 0 Å². The van der Waals surface area contributed by atoms with Crippen molar-refractivity contribution in [3.8, 4) is 0 Å². The van der Waals surface area contributed by atoms with Gasteiger partial charge in [-0.2, -0.15) is 0 Å². The molecule has 0 radical (unpaired) electrons. The molecule has 0 aromatic rings. The fourth-order valence-corrected chi connectivity index (χ4v) is 0.818. The normalized spacial score (nSPS) is 28.3. The van der Waals surface area contributed by atoms with Crippen LogP contribution in [-0.2, 0) is 0 Å². The molecule has 2 atom stereocenters. The minimum atomic E-state index is 0.657. The van der Waals surface area contributed by atoms with Gasteiger partial charge >= 0.3 is 0 Å². The first kappa shape index (κ1) is 5.05. The number of allylic oxidation sites excluding steroid dienone is 4. The highest BCUT2D eigenvalue weighted by molar-refractivity contribution is 7.22. The second-order valence-corrected chi connectivity index (χ2v) is 2.51. The summed E-state index contributed by atoms with van der Waals surface area (Å²) in [7, 11) is 2.71. The molecule has 0 amide bonds. The SMILES string of the molecule is CC1C=CC=C1P. The lowest BCUT2D eigenvalue weighted by Crippen LogP contribution is -1.79. The Bertz CT molecular complexity index is 122. The average Bonchev–Trinajstić information content (AvgIpc) is 1.91. The van der Waals surface area contributed by atoms with E-state index in [2.05, 4.69) is 34.4 Å². The van der Waals surface area contributed by atoms with Gasteiger partial charge in [-0.15, -0.1) is 9.24 Å². The second-order valence-electron chi connectivity index (χ2n) is 1.84. The van der Waals surface area contributed by atoms with E-state index in [1.54, 1.807) is 0 Å². The van der Waals surface area contributed by atoms with Gasteiger partial charge in [0.2, 0.25) is 0 Å². The molecule has 0 saturated carbocycles. The van der Waals surface area contributed by atoms with Crippen LogP contribution in [0.15, 0.2) is 23.5 Å². The zero-order valence-electron chi connectivity index (χ0n) is 4.39. The Morgan fingerprint density at radius 3 is 2.57 bits per heavy atom. The third kappa shape index (κ3) is 0.920. The maximum absolute atomic E-state index is 2.71. The summed E-state index contributed by atoms with van der Waals surface area (Å²) in [4.78, 5) is 0. The first-order valence-corrected chi connectivity index (χ1v) is 3.02. The third-order valence-electron chi connectivity index (χ3n) is 1.21. The van der Waals surface area contributed by atoms with Crippen molar-refractivity contribution in [2.75, 3.05) is 0 Å². The van der Waals surface area contributed by atoms with E-state index in [1.165, 1.54) is 5.31 Å². The Hall–Kier alpha value is -0.0900. The van der Waals surface area contributed by atoms with Crippen LogP contribution in [0.1, 0.15) is 6.92 Å². The van der Waals surface area contributed by atoms with Crippen LogP contribution >= 0.6 is 9.24 Å². The van der Waals surface area contributed by atoms with Gasteiger partial charge in [0.25, 0.3) is 0 Å². The van der Waals surface area contributed by atoms with Crippen molar-refractivity contribution in [3.05, 3.63) is 23.5 Å². The Balaban J connectivity index is 2.69. The molecule has 38 valence electrons. The van der Waals surface area contributed by atoms with E-state index in [1.807, 2.05) is 0 Å². The molecule has 7 heavy (non-hydrogen) atoms. The summed E-state index contributed by atoms with van der Waals surface area (Å²) in [6.45, 7) is 2.18. The van der Waals surface area contributed by atoms with Gasteiger partial charge in [-0.25, -0.2) is 0 Å². The molecule has 0 aromatic heterocycles. The van der Waals surface area contributed by atoms with Crippen LogP contribution in [0.2, 0.25) is 0 Å². The van der Waals surface area contributed by atoms with Crippen LogP contribution in [0, 0.1) is 5.92 Å². The molecule has 0 heterocycles. The molecule has 0 fully saturated rings. The molecule has 0 aromatic carbocycles. The molecular weight excluding hydrogens is 103 g/mol. The monoisotopic (exact) mass is 112 g/mol. The van der Waals surface area contributed by atoms with Gasteiger partial charge in [0, 0.05) is 0 Å². The maximum Gasteiger partial charge on any atom is -0.000811 e. The topological polar surface area (TPSA) is 0 Å². The summed E-state index contributed by atoms with van der Waals surface area (Å²) in [5.41, 5.74) is 0. The zero-order chi connectivity index (χ0) is 5.28. The summed E-state index contributed by atoms with van der Waals surface area (Å²) in [6, 6.07) is 0. The molecule has 0 nitrogen and oxygen atoms in total. The highest BCUT2D eigenvalue weighted by Crippen LogP contribution is 2.23. The van der Waals surface area contributed by atoms with Gasteiger partial charge in [-0.05, 0) is 11.2 Å². The van der Waals surface area contributed by atoms with Gasteiger partial charge < -0.3 is 0 Å². The lowest BCUT2D eigenvalue weighted by Gasteiger charge is -1.96. The van der Waals surface area contributed by atoms with Crippen molar-refractivity contribution in [1.82, 2.24) is 0 Å². The van der Waals surface area contributed by atoms with Crippen molar-refractivity contribution >= 4 is 9.24 Å². The molecule has 1 heteroatoms. The lowest BCUT2D eigenvalue weighted by atomic mass is 10.2. The van der Waals surface area contributed by atoms with Crippen molar-refractivity contribution in [3.63, 3.8) is 0 Å². The van der Waals surface area contributed by atoms with Gasteiger partial charge in [0.05, 0.1) is 0 Å². The second kappa shape index (κ2) is 1.79. The summed E-state index contributed by atoms with van der Waals surface area (Å²) in [5.74, 6) is 0.657. The molecule has 1 aliphatic rings. The number of hydrogen-bond donors (Lipinski definition) is 0. The van der Waals surface area contributed by atoms with Crippen molar-refractivity contribution in [1.29, 1.82) is 0 Å². The molecule has 2 unspecified atom stereocenters. The fraction of sp³-hybridized carbons (Fsp3) is 0.333. The van der Waals surface area contributed by atoms with Gasteiger partial charge in [-0.3, -0.25) is 0 Å². The Labute approximate surface area is 46.5 Å². The quantitative estimate of drug-likeness (QED) is 0.420. The molecule has 0 bridgehead atoms. The first-order chi connectivity index (χ1) is 3.30. The highest BCUT2D eigenvalue weighted by Gasteiger charge is 2.01. The molecule has 1 rings (SSSR count). The smallest absolute Gasteiger partial charge is 0.000811 e. The van der Waals surface area contributed by atoms with Gasteiger partial charge in [0.15, 0.2) is 0 Å². The predicted octanol–water partition coefficient (Wildman–Crippen LogP) is 1.95. The van der Waals surface area contributed by atoms with E-state index in [9.17, 15) is 0 Å². The highest BCUT2D eigenvalue weighted by atomic mass is 31.0. The van der Waals surface area contributed by atoms with Crippen LogP contribution in [0.5, 0.6) is 0 Å². The van der Waals surface area contributed by atoms with Gasteiger partial charge in [-0.1, -0.05) is 25.2 Å². The fourth-order valence-electron chi connectivity index (χ4n) is 0.596. The van der Waals surface area contributed by atoms with E-state index in [0.717, 1.165) is 0 Å². The van der Waals surface area contributed by atoms with Crippen LogP contribution in [0.4, 0.5) is 0 Å². The van der Waals surface area contributed by atoms with Gasteiger partial charge in [0.1, 0.15) is 0 Å². The summed E-state index contributed by atoms with van der Waals surface area (Å²) in [6.07, 6.45) is 6.39. The Morgan fingerprint density at radius 1 is 1.71 bits per heavy atom. The summed E-state index contributed by atoms with van der Waals surface area (Å²) < 4.78 is 0. The third-order valence-corrected chi connectivity index (χ3v) is 1.93. The zero-order valence-corrected chi connectivity index (χ0v) is 5.54. The molecule has 0 saturated heterocycles. The number of hydrogen-bond acceptors (Lipinski definition) is 0. The van der Waals surface area contributed by atoms with Crippen LogP contribution in [0.25, 0.3) is 0 Å². The average molecular weight is 112 g/mol. The van der Waals surface area contributed by atoms with Crippen LogP contribution in [0.3, 0.4) is 0 Å². The lowest BCUT2D eigenvalue weighted by molar-refractivity contribution is 0.941. The Kier molecular flexibility index (Phi) is 1.30. The van der Waals surface area contributed by atoms with E-state index in [0.29, 0.717) is 5.92 Å². The van der Waals surface area contributed by atoms with E-state index >= 15 is 0 Å². The largest absolute Gasteiger partial charge is 0.109 e. The molecular formula is C6H9P. The summed E-state index contributed by atoms with van der Waals surface area (Å²) in [5, 5.41) is 1.39. The van der Waals surface area contributed by atoms with Crippen molar-refractivity contribution in [2.45, 2.75) is 6.92 Å². The molecule has 1 aliphatic carbocycles. The molecule has 0 aliphatic heterocycles. The minimum Gasteiger partial charge on any atom is -0.109 e. The number of rotatable bonds is 0. The van der Waals surface area contributed by atoms with Crippen LogP contribution in [-0.4, -0.2) is 0 Å². The van der Waals surface area contributed by atoms with E-state index in [-0.39, 0.29) is 0 Å². The predicted molar refractivity (Wildman–Crippen MR) is 36.1 cm³/mol. The van der Waals surface area contributed by atoms with Crippen molar-refractivity contribution in [2.24, 2.45) is 5.92 Å². The van der Waals surface area contributed by atoms with E-state index < -0.39 is 0 Å². The molecule has 0 N–H and O–H groups in total. The minimum absolute atomic E-state index is 0.657. The maximum atomic E-state index is 2.71. The first-order valence-electron chi connectivity index (χ1n) is 2.44. The Morgan fingerprint density at radius 2 is 2.43 bits per heavy atom. The standard InChI is InChI=1S/C6H9P/c1-5-3-2-4-6(5)7/h2-5H,7H2,1H3. The van der Waals surface area contributed by atoms with Crippen molar-refractivity contribution < 1.29 is 0 Å². The van der Waals surface area contributed by atoms with Crippen LogP contribution < -0.4 is 0 Å². The molecule has 0 spiro atoms. The summed E-state index contributed by atoms with van der Waals surface area (Å²) >= 11 is 0.